The Kier molecular flexibility index (Phi) is 4.06. The van der Waals surface area contributed by atoms with Crippen molar-refractivity contribution in [3.05, 3.63) is 41.4 Å². The van der Waals surface area contributed by atoms with Gasteiger partial charge in [-0.3, -0.25) is 0 Å². The molecule has 1 aliphatic rings. The quantitative estimate of drug-likeness (QED) is 0.724. The first-order valence-electron chi connectivity index (χ1n) is 8.55. The van der Waals surface area contributed by atoms with Crippen LogP contribution in [-0.4, -0.2) is 15.1 Å². The van der Waals surface area contributed by atoms with Crippen molar-refractivity contribution in [2.24, 2.45) is 5.73 Å². The number of rotatable bonds is 3. The molecule has 0 amide bonds. The summed E-state index contributed by atoms with van der Waals surface area (Å²) >= 11 is 0. The molecule has 1 aromatic carbocycles. The second kappa shape index (κ2) is 6.19. The highest BCUT2D eigenvalue weighted by Crippen LogP contribution is 2.37. The minimum absolute atomic E-state index is 0.0525. The number of aromatic nitrogens is 3. The van der Waals surface area contributed by atoms with E-state index in [9.17, 15) is 13.2 Å². The van der Waals surface area contributed by atoms with Crippen LogP contribution in [0.3, 0.4) is 0 Å². The summed E-state index contributed by atoms with van der Waals surface area (Å²) in [5, 5.41) is 3.97. The Labute approximate surface area is 152 Å². The second-order valence-electron chi connectivity index (χ2n) is 6.79. The molecule has 0 radical (unpaired) electrons. The van der Waals surface area contributed by atoms with E-state index >= 15 is 0 Å². The van der Waals surface area contributed by atoms with Crippen LogP contribution in [0.4, 0.5) is 13.2 Å². The maximum Gasteiger partial charge on any atom is 0.416 e. The van der Waals surface area contributed by atoms with E-state index in [1.807, 2.05) is 0 Å². The van der Waals surface area contributed by atoms with Crippen LogP contribution >= 0.6 is 0 Å². The van der Waals surface area contributed by atoms with Crippen molar-refractivity contribution in [3.63, 3.8) is 0 Å². The minimum atomic E-state index is -4.45. The Bertz CT molecular complexity index is 971. The summed E-state index contributed by atoms with van der Waals surface area (Å²) in [6.45, 7) is 1.64. The first-order valence-corrected chi connectivity index (χ1v) is 8.55. The van der Waals surface area contributed by atoms with Crippen LogP contribution in [0.15, 0.2) is 33.2 Å². The smallest absolute Gasteiger partial charge is 0.416 e. The van der Waals surface area contributed by atoms with Gasteiger partial charge in [0.2, 0.25) is 5.89 Å². The molecule has 0 saturated heterocycles. The van der Waals surface area contributed by atoms with Crippen LogP contribution in [0.25, 0.3) is 23.0 Å². The third kappa shape index (κ3) is 3.23. The lowest BCUT2D eigenvalue weighted by atomic mass is 9.99. The van der Waals surface area contributed by atoms with Crippen molar-refractivity contribution in [2.75, 3.05) is 0 Å². The summed E-state index contributed by atoms with van der Waals surface area (Å²) in [7, 11) is 0. The van der Waals surface area contributed by atoms with E-state index in [1.54, 1.807) is 6.92 Å². The number of benzene rings is 1. The molecular weight excluding hydrogens is 361 g/mol. The zero-order chi connectivity index (χ0) is 19.2. The van der Waals surface area contributed by atoms with Crippen molar-refractivity contribution in [1.82, 2.24) is 15.1 Å². The number of nitrogens with two attached hydrogens (primary N) is 1. The molecule has 0 bridgehead atoms. The van der Waals surface area contributed by atoms with E-state index in [0.717, 1.165) is 37.8 Å². The molecule has 1 saturated carbocycles. The average Bonchev–Trinajstić information content (AvgIpc) is 3.34. The largest absolute Gasteiger partial charge is 0.441 e. The summed E-state index contributed by atoms with van der Waals surface area (Å²) in [6, 6.07) is 4.78. The predicted octanol–water partition coefficient (Wildman–Crippen LogP) is 4.45. The first-order chi connectivity index (χ1) is 12.8. The molecule has 2 aromatic heterocycles. The number of hydrogen-bond acceptors (Lipinski definition) is 6. The number of alkyl halides is 3. The lowest BCUT2D eigenvalue weighted by molar-refractivity contribution is -0.137. The predicted molar refractivity (Wildman–Crippen MR) is 89.3 cm³/mol. The fraction of sp³-hybridized carbons (Fsp3) is 0.389. The topological polar surface area (TPSA) is 91.0 Å². The highest BCUT2D eigenvalue weighted by molar-refractivity contribution is 5.60. The van der Waals surface area contributed by atoms with Crippen LogP contribution in [0.5, 0.6) is 0 Å². The van der Waals surface area contributed by atoms with Crippen LogP contribution in [0, 0.1) is 6.92 Å². The van der Waals surface area contributed by atoms with Crippen LogP contribution in [0.2, 0.25) is 0 Å². The molecule has 0 unspecified atom stereocenters. The molecule has 9 heteroatoms. The molecule has 1 fully saturated rings. The maximum absolute atomic E-state index is 12.9. The normalized spacial score (nSPS) is 16.8. The fourth-order valence-electron chi connectivity index (χ4n) is 3.30. The zero-order valence-electron chi connectivity index (χ0n) is 14.5. The average molecular weight is 378 g/mol. The zero-order valence-corrected chi connectivity index (χ0v) is 14.5. The third-order valence-corrected chi connectivity index (χ3v) is 4.80. The van der Waals surface area contributed by atoms with Crippen LogP contribution < -0.4 is 5.73 Å². The summed E-state index contributed by atoms with van der Waals surface area (Å²) in [4.78, 5) is 8.62. The van der Waals surface area contributed by atoms with Gasteiger partial charge in [0.15, 0.2) is 11.5 Å². The van der Waals surface area contributed by atoms with Crippen molar-refractivity contribution in [2.45, 2.75) is 44.3 Å². The molecule has 6 nitrogen and oxygen atoms in total. The molecule has 4 rings (SSSR count). The summed E-state index contributed by atoms with van der Waals surface area (Å²) in [6.07, 6.45) is -0.886. The SMILES string of the molecule is Cc1oc(-c2cccc(C(F)(F)F)c2)nc1-c1nc(C2(N)CCCC2)no1. The lowest BCUT2D eigenvalue weighted by Crippen LogP contribution is -2.34. The van der Waals surface area contributed by atoms with Gasteiger partial charge in [0.05, 0.1) is 11.1 Å². The van der Waals surface area contributed by atoms with E-state index in [2.05, 4.69) is 15.1 Å². The summed E-state index contributed by atoms with van der Waals surface area (Å²) in [5.41, 5.74) is 5.45. The van der Waals surface area contributed by atoms with Gasteiger partial charge in [-0.15, -0.1) is 0 Å². The van der Waals surface area contributed by atoms with Gasteiger partial charge in [-0.25, -0.2) is 4.98 Å². The monoisotopic (exact) mass is 378 g/mol. The Morgan fingerprint density at radius 2 is 1.85 bits per heavy atom. The van der Waals surface area contributed by atoms with Gasteiger partial charge in [-0.05, 0) is 38.0 Å². The van der Waals surface area contributed by atoms with Crippen molar-refractivity contribution >= 4 is 0 Å². The Balaban J connectivity index is 1.68. The fourth-order valence-corrected chi connectivity index (χ4v) is 3.30. The molecular formula is C18H17F3N4O2. The first kappa shape index (κ1) is 17.7. The highest BCUT2D eigenvalue weighted by atomic mass is 19.4. The molecule has 3 aromatic rings. The van der Waals surface area contributed by atoms with E-state index in [0.29, 0.717) is 17.3 Å². The van der Waals surface area contributed by atoms with Gasteiger partial charge in [-0.2, -0.15) is 18.2 Å². The number of halogens is 3. The van der Waals surface area contributed by atoms with Gasteiger partial charge in [-0.1, -0.05) is 24.1 Å². The number of aryl methyl sites for hydroxylation is 1. The summed E-state index contributed by atoms with van der Waals surface area (Å²) < 4.78 is 49.6. The molecule has 0 spiro atoms. The maximum atomic E-state index is 12.9. The van der Waals surface area contributed by atoms with Crippen molar-refractivity contribution in [3.8, 4) is 23.0 Å². The van der Waals surface area contributed by atoms with E-state index in [1.165, 1.54) is 12.1 Å². The van der Waals surface area contributed by atoms with Gasteiger partial charge < -0.3 is 14.7 Å². The molecule has 1 aliphatic carbocycles. The molecule has 0 atom stereocenters. The Hall–Kier alpha value is -2.68. The number of hydrogen-bond donors (Lipinski definition) is 1. The minimum Gasteiger partial charge on any atom is -0.441 e. The van der Waals surface area contributed by atoms with E-state index < -0.39 is 17.3 Å². The number of nitrogens with zero attached hydrogens (tertiary/aromatic N) is 3. The Morgan fingerprint density at radius 3 is 2.56 bits per heavy atom. The van der Waals surface area contributed by atoms with Gasteiger partial charge >= 0.3 is 6.18 Å². The molecule has 2 N–H and O–H groups in total. The molecule has 142 valence electrons. The molecule has 2 heterocycles. The van der Waals surface area contributed by atoms with Crippen molar-refractivity contribution in [1.29, 1.82) is 0 Å². The van der Waals surface area contributed by atoms with Crippen LogP contribution in [0.1, 0.15) is 42.8 Å². The third-order valence-electron chi connectivity index (χ3n) is 4.80. The number of oxazole rings is 1. The van der Waals surface area contributed by atoms with Gasteiger partial charge in [0.1, 0.15) is 5.76 Å². The van der Waals surface area contributed by atoms with Crippen LogP contribution in [-0.2, 0) is 11.7 Å². The van der Waals surface area contributed by atoms with Crippen molar-refractivity contribution < 1.29 is 22.1 Å². The standard InChI is InChI=1S/C18H17F3N4O2/c1-10-13(15-24-16(25-27-15)17(22)7-2-3-8-17)23-14(26-10)11-5-4-6-12(9-11)18(19,20)21/h4-6,9H,2-3,7-8,22H2,1H3. The Morgan fingerprint density at radius 1 is 1.11 bits per heavy atom. The van der Waals surface area contributed by atoms with E-state index in [-0.39, 0.29) is 17.3 Å². The summed E-state index contributed by atoms with van der Waals surface area (Å²) in [5.74, 6) is 0.978. The van der Waals surface area contributed by atoms with Gasteiger partial charge in [0.25, 0.3) is 5.89 Å². The van der Waals surface area contributed by atoms with E-state index in [4.69, 9.17) is 14.7 Å². The molecule has 27 heavy (non-hydrogen) atoms. The highest BCUT2D eigenvalue weighted by Gasteiger charge is 2.36. The van der Waals surface area contributed by atoms with Gasteiger partial charge in [0, 0.05) is 5.56 Å². The second-order valence-corrected chi connectivity index (χ2v) is 6.79. The molecule has 0 aliphatic heterocycles. The lowest BCUT2D eigenvalue weighted by Gasteiger charge is -2.17.